The molecule has 0 spiro atoms. The predicted octanol–water partition coefficient (Wildman–Crippen LogP) is 3.53. The maximum atomic E-state index is 4.42. The van der Waals surface area contributed by atoms with Gasteiger partial charge in [-0.2, -0.15) is 0 Å². The Hall–Kier alpha value is -0.940. The molecule has 0 saturated carbocycles. The SMILES string of the molecule is Cc1cnc(C)c(NCc2sccc2Br)n1. The first-order valence-corrected chi connectivity index (χ1v) is 6.60. The van der Waals surface area contributed by atoms with Crippen LogP contribution < -0.4 is 5.32 Å². The molecular formula is C11H12BrN3S. The van der Waals surface area contributed by atoms with Crippen LogP contribution in [0.2, 0.25) is 0 Å². The normalized spacial score (nSPS) is 10.4. The van der Waals surface area contributed by atoms with Crippen molar-refractivity contribution in [3.8, 4) is 0 Å². The molecule has 0 aliphatic carbocycles. The first kappa shape index (κ1) is 11.5. The number of nitrogens with one attached hydrogen (secondary N) is 1. The van der Waals surface area contributed by atoms with E-state index in [-0.39, 0.29) is 0 Å². The number of anilines is 1. The van der Waals surface area contributed by atoms with Crippen molar-refractivity contribution in [2.75, 3.05) is 5.32 Å². The molecule has 16 heavy (non-hydrogen) atoms. The van der Waals surface area contributed by atoms with Gasteiger partial charge in [0, 0.05) is 15.5 Å². The molecule has 5 heteroatoms. The summed E-state index contributed by atoms with van der Waals surface area (Å²) in [4.78, 5) is 9.95. The van der Waals surface area contributed by atoms with Crippen molar-refractivity contribution in [2.24, 2.45) is 0 Å². The molecule has 0 aromatic carbocycles. The van der Waals surface area contributed by atoms with Crippen molar-refractivity contribution in [3.05, 3.63) is 38.4 Å². The Morgan fingerprint density at radius 3 is 2.94 bits per heavy atom. The molecule has 0 aliphatic rings. The maximum Gasteiger partial charge on any atom is 0.148 e. The Morgan fingerprint density at radius 2 is 2.25 bits per heavy atom. The van der Waals surface area contributed by atoms with Gasteiger partial charge in [0.1, 0.15) is 5.82 Å². The molecule has 84 valence electrons. The van der Waals surface area contributed by atoms with E-state index in [1.54, 1.807) is 17.5 Å². The molecule has 2 aromatic heterocycles. The molecular weight excluding hydrogens is 286 g/mol. The van der Waals surface area contributed by atoms with E-state index in [2.05, 4.69) is 42.7 Å². The monoisotopic (exact) mass is 297 g/mol. The van der Waals surface area contributed by atoms with E-state index >= 15 is 0 Å². The smallest absolute Gasteiger partial charge is 0.148 e. The predicted molar refractivity (Wildman–Crippen MR) is 70.9 cm³/mol. The van der Waals surface area contributed by atoms with E-state index in [0.717, 1.165) is 28.2 Å². The van der Waals surface area contributed by atoms with Crippen molar-refractivity contribution in [1.82, 2.24) is 9.97 Å². The van der Waals surface area contributed by atoms with Gasteiger partial charge in [-0.15, -0.1) is 11.3 Å². The highest BCUT2D eigenvalue weighted by molar-refractivity contribution is 9.10. The molecule has 0 aliphatic heterocycles. The minimum absolute atomic E-state index is 0.775. The largest absolute Gasteiger partial charge is 0.364 e. The molecule has 0 unspecified atom stereocenters. The topological polar surface area (TPSA) is 37.8 Å². The molecule has 1 N–H and O–H groups in total. The van der Waals surface area contributed by atoms with Crippen LogP contribution in [0.15, 0.2) is 22.1 Å². The molecule has 0 radical (unpaired) electrons. The number of aryl methyl sites for hydroxylation is 2. The number of hydrogen-bond acceptors (Lipinski definition) is 4. The lowest BCUT2D eigenvalue weighted by Gasteiger charge is -2.07. The Kier molecular flexibility index (Phi) is 3.56. The summed E-state index contributed by atoms with van der Waals surface area (Å²) in [7, 11) is 0. The Balaban J connectivity index is 2.10. The number of nitrogens with zero attached hydrogens (tertiary/aromatic N) is 2. The van der Waals surface area contributed by atoms with Gasteiger partial charge in [-0.25, -0.2) is 4.98 Å². The van der Waals surface area contributed by atoms with Gasteiger partial charge in [0.15, 0.2) is 0 Å². The minimum Gasteiger partial charge on any atom is -0.364 e. The van der Waals surface area contributed by atoms with Crippen LogP contribution in [0.4, 0.5) is 5.82 Å². The summed E-state index contributed by atoms with van der Waals surface area (Å²) in [5.41, 5.74) is 1.86. The molecule has 0 atom stereocenters. The van der Waals surface area contributed by atoms with Crippen LogP contribution in [0.3, 0.4) is 0 Å². The Bertz CT molecular complexity index is 496. The molecule has 0 amide bonds. The number of halogens is 1. The van der Waals surface area contributed by atoms with E-state index in [4.69, 9.17) is 0 Å². The molecule has 3 nitrogen and oxygen atoms in total. The highest BCUT2D eigenvalue weighted by atomic mass is 79.9. The van der Waals surface area contributed by atoms with Crippen LogP contribution in [0, 0.1) is 13.8 Å². The molecule has 0 saturated heterocycles. The third-order valence-electron chi connectivity index (χ3n) is 2.18. The quantitative estimate of drug-likeness (QED) is 0.942. The summed E-state index contributed by atoms with van der Waals surface area (Å²) in [5, 5.41) is 5.37. The minimum atomic E-state index is 0.775. The van der Waals surface area contributed by atoms with Crippen molar-refractivity contribution in [3.63, 3.8) is 0 Å². The van der Waals surface area contributed by atoms with E-state index < -0.39 is 0 Å². The van der Waals surface area contributed by atoms with Gasteiger partial charge in [0.25, 0.3) is 0 Å². The van der Waals surface area contributed by atoms with Crippen molar-refractivity contribution in [1.29, 1.82) is 0 Å². The zero-order valence-corrected chi connectivity index (χ0v) is 11.5. The van der Waals surface area contributed by atoms with Crippen LogP contribution in [0.5, 0.6) is 0 Å². The zero-order chi connectivity index (χ0) is 11.5. The van der Waals surface area contributed by atoms with Gasteiger partial charge >= 0.3 is 0 Å². The number of hydrogen-bond donors (Lipinski definition) is 1. The summed E-state index contributed by atoms with van der Waals surface area (Å²) in [6.07, 6.45) is 1.78. The maximum absolute atomic E-state index is 4.42. The average molecular weight is 298 g/mol. The van der Waals surface area contributed by atoms with Crippen molar-refractivity contribution in [2.45, 2.75) is 20.4 Å². The fraction of sp³-hybridized carbons (Fsp3) is 0.273. The van der Waals surface area contributed by atoms with Crippen molar-refractivity contribution >= 4 is 33.1 Å². The average Bonchev–Trinajstić information content (AvgIpc) is 2.66. The number of rotatable bonds is 3. The van der Waals surface area contributed by atoms with Crippen LogP contribution in [-0.2, 0) is 6.54 Å². The summed E-state index contributed by atoms with van der Waals surface area (Å²) in [6, 6.07) is 2.05. The lowest BCUT2D eigenvalue weighted by Crippen LogP contribution is -2.04. The van der Waals surface area contributed by atoms with Gasteiger partial charge < -0.3 is 5.32 Å². The van der Waals surface area contributed by atoms with Crippen LogP contribution in [0.25, 0.3) is 0 Å². The Morgan fingerprint density at radius 1 is 1.44 bits per heavy atom. The summed E-state index contributed by atoms with van der Waals surface area (Å²) in [5.74, 6) is 0.861. The van der Waals surface area contributed by atoms with Gasteiger partial charge in [-0.05, 0) is 41.2 Å². The zero-order valence-electron chi connectivity index (χ0n) is 9.12. The number of thiophene rings is 1. The first-order valence-electron chi connectivity index (χ1n) is 4.93. The van der Waals surface area contributed by atoms with Crippen molar-refractivity contribution < 1.29 is 0 Å². The van der Waals surface area contributed by atoms with Crippen LogP contribution >= 0.6 is 27.3 Å². The second-order valence-corrected chi connectivity index (χ2v) is 5.35. The lowest BCUT2D eigenvalue weighted by atomic mass is 10.4. The third kappa shape index (κ3) is 2.59. The van der Waals surface area contributed by atoms with Crippen LogP contribution in [0.1, 0.15) is 16.3 Å². The summed E-state index contributed by atoms with van der Waals surface area (Å²) in [6.45, 7) is 4.67. The fourth-order valence-corrected chi connectivity index (χ4v) is 2.75. The van der Waals surface area contributed by atoms with Gasteiger partial charge in [0.2, 0.25) is 0 Å². The second-order valence-electron chi connectivity index (χ2n) is 3.49. The van der Waals surface area contributed by atoms with E-state index in [1.807, 2.05) is 13.8 Å². The fourth-order valence-electron chi connectivity index (χ4n) is 1.32. The third-order valence-corrected chi connectivity index (χ3v) is 4.11. The molecule has 0 bridgehead atoms. The van der Waals surface area contributed by atoms with Gasteiger partial charge in [0.05, 0.1) is 17.9 Å². The van der Waals surface area contributed by atoms with E-state index in [0.29, 0.717) is 0 Å². The summed E-state index contributed by atoms with van der Waals surface area (Å²) >= 11 is 5.23. The molecule has 2 aromatic rings. The Labute approximate surface area is 107 Å². The summed E-state index contributed by atoms with van der Waals surface area (Å²) < 4.78 is 1.14. The first-order chi connectivity index (χ1) is 7.66. The molecule has 0 fully saturated rings. The lowest BCUT2D eigenvalue weighted by molar-refractivity contribution is 1.03. The highest BCUT2D eigenvalue weighted by Crippen LogP contribution is 2.23. The van der Waals surface area contributed by atoms with Gasteiger partial charge in [-0.1, -0.05) is 0 Å². The second kappa shape index (κ2) is 4.93. The van der Waals surface area contributed by atoms with Gasteiger partial charge in [-0.3, -0.25) is 4.98 Å². The molecule has 2 heterocycles. The van der Waals surface area contributed by atoms with E-state index in [9.17, 15) is 0 Å². The standard InChI is InChI=1S/C11H12BrN3S/c1-7-5-13-8(2)11(15-7)14-6-10-9(12)3-4-16-10/h3-5H,6H2,1-2H3,(H,14,15). The van der Waals surface area contributed by atoms with E-state index in [1.165, 1.54) is 4.88 Å². The number of aromatic nitrogens is 2. The van der Waals surface area contributed by atoms with Crippen LogP contribution in [-0.4, -0.2) is 9.97 Å². The highest BCUT2D eigenvalue weighted by Gasteiger charge is 2.04. The molecule has 2 rings (SSSR count).